The van der Waals surface area contributed by atoms with Gasteiger partial charge >= 0.3 is 0 Å². The molecule has 4 nitrogen and oxygen atoms in total. The first-order valence-electron chi connectivity index (χ1n) is 15.3. The molecule has 41 heavy (non-hydrogen) atoms. The largest absolute Gasteiger partial charge is 0.341 e. The Labute approximate surface area is 247 Å². The summed E-state index contributed by atoms with van der Waals surface area (Å²) in [4.78, 5) is 7.27. The van der Waals surface area contributed by atoms with Crippen LogP contribution in [-0.2, 0) is 25.7 Å². The highest BCUT2D eigenvalue weighted by Gasteiger charge is 2.20. The van der Waals surface area contributed by atoms with Crippen LogP contribution in [0.4, 0.5) is 22.7 Å². The average Bonchev–Trinajstić information content (AvgIpc) is 3.26. The Morgan fingerprint density at radius 2 is 0.878 bits per heavy atom. The summed E-state index contributed by atoms with van der Waals surface area (Å²) < 4.78 is 0. The SMILES string of the molecule is CN(C)CCCN1c2ccccc2CCc2ccccc21.CNCCCN1c2ccccc2CCc2ccccc21. The van der Waals surface area contributed by atoms with Crippen LogP contribution in [-0.4, -0.2) is 52.2 Å². The highest BCUT2D eigenvalue weighted by Crippen LogP contribution is 2.37. The fourth-order valence-corrected chi connectivity index (χ4v) is 6.18. The van der Waals surface area contributed by atoms with Crippen molar-refractivity contribution >= 4 is 22.7 Å². The van der Waals surface area contributed by atoms with Crippen molar-refractivity contribution in [1.82, 2.24) is 10.2 Å². The Balaban J connectivity index is 0.000000165. The van der Waals surface area contributed by atoms with Gasteiger partial charge in [-0.2, -0.15) is 0 Å². The maximum atomic E-state index is 3.24. The summed E-state index contributed by atoms with van der Waals surface area (Å²) in [5.41, 5.74) is 11.4. The minimum absolute atomic E-state index is 1.06. The van der Waals surface area contributed by atoms with Crippen molar-refractivity contribution in [2.75, 3.05) is 57.1 Å². The molecule has 0 aliphatic carbocycles. The molecule has 214 valence electrons. The predicted molar refractivity (Wildman–Crippen MR) is 176 cm³/mol. The molecule has 0 saturated heterocycles. The van der Waals surface area contributed by atoms with E-state index in [1.807, 2.05) is 7.05 Å². The summed E-state index contributed by atoms with van der Waals surface area (Å²) in [5.74, 6) is 0. The molecular formula is C37H46N4. The maximum absolute atomic E-state index is 3.24. The van der Waals surface area contributed by atoms with Gasteiger partial charge in [-0.05, 0) is 119 Å². The van der Waals surface area contributed by atoms with Crippen LogP contribution in [0.3, 0.4) is 0 Å². The Hall–Kier alpha value is -3.60. The highest BCUT2D eigenvalue weighted by atomic mass is 15.2. The van der Waals surface area contributed by atoms with Gasteiger partial charge in [-0.3, -0.25) is 0 Å². The fourth-order valence-electron chi connectivity index (χ4n) is 6.18. The third-order valence-electron chi connectivity index (χ3n) is 8.25. The van der Waals surface area contributed by atoms with Crippen LogP contribution >= 0.6 is 0 Å². The van der Waals surface area contributed by atoms with Gasteiger partial charge in [0.25, 0.3) is 0 Å². The number of nitrogens with zero attached hydrogens (tertiary/aromatic N) is 3. The Kier molecular flexibility index (Phi) is 10.1. The smallest absolute Gasteiger partial charge is 0.0443 e. The minimum Gasteiger partial charge on any atom is -0.341 e. The van der Waals surface area contributed by atoms with Crippen LogP contribution in [0.15, 0.2) is 97.1 Å². The Morgan fingerprint density at radius 3 is 1.22 bits per heavy atom. The number of hydrogen-bond donors (Lipinski definition) is 1. The van der Waals surface area contributed by atoms with Crippen molar-refractivity contribution in [3.05, 3.63) is 119 Å². The third-order valence-corrected chi connectivity index (χ3v) is 8.25. The van der Waals surface area contributed by atoms with E-state index < -0.39 is 0 Å². The molecule has 4 heteroatoms. The van der Waals surface area contributed by atoms with E-state index >= 15 is 0 Å². The number of aryl methyl sites for hydroxylation is 4. The van der Waals surface area contributed by atoms with E-state index in [0.29, 0.717) is 0 Å². The first-order chi connectivity index (χ1) is 20.2. The molecule has 0 spiro atoms. The summed E-state index contributed by atoms with van der Waals surface area (Å²) >= 11 is 0. The molecule has 4 aromatic rings. The quantitative estimate of drug-likeness (QED) is 0.232. The number of fused-ring (bicyclic) bond motifs is 4. The van der Waals surface area contributed by atoms with Crippen molar-refractivity contribution in [1.29, 1.82) is 0 Å². The van der Waals surface area contributed by atoms with Gasteiger partial charge in [-0.15, -0.1) is 0 Å². The molecule has 4 aromatic carbocycles. The van der Waals surface area contributed by atoms with Gasteiger partial charge in [0.05, 0.1) is 0 Å². The second kappa shape index (κ2) is 14.3. The molecule has 2 aliphatic rings. The molecule has 0 aromatic heterocycles. The summed E-state index contributed by atoms with van der Waals surface area (Å²) in [6.07, 6.45) is 6.87. The van der Waals surface area contributed by atoms with Crippen molar-refractivity contribution < 1.29 is 0 Å². The summed E-state index contributed by atoms with van der Waals surface area (Å²) in [6.45, 7) is 4.32. The fraction of sp³-hybridized carbons (Fsp3) is 0.351. The van der Waals surface area contributed by atoms with Crippen molar-refractivity contribution in [2.45, 2.75) is 38.5 Å². The Bertz CT molecular complexity index is 1300. The summed E-state index contributed by atoms with van der Waals surface area (Å²) in [6, 6.07) is 35.4. The monoisotopic (exact) mass is 546 g/mol. The van der Waals surface area contributed by atoms with Gasteiger partial charge in [-0.1, -0.05) is 72.8 Å². The van der Waals surface area contributed by atoms with Crippen LogP contribution in [0.5, 0.6) is 0 Å². The van der Waals surface area contributed by atoms with Gasteiger partial charge in [0.15, 0.2) is 0 Å². The van der Waals surface area contributed by atoms with E-state index in [9.17, 15) is 0 Å². The zero-order valence-corrected chi connectivity index (χ0v) is 25.2. The van der Waals surface area contributed by atoms with Gasteiger partial charge in [0.2, 0.25) is 0 Å². The summed E-state index contributed by atoms with van der Waals surface area (Å²) in [5, 5.41) is 3.24. The molecular weight excluding hydrogens is 500 g/mol. The number of rotatable bonds is 8. The number of hydrogen-bond acceptors (Lipinski definition) is 4. The lowest BCUT2D eigenvalue weighted by Gasteiger charge is -2.27. The molecule has 0 fully saturated rings. The molecule has 0 amide bonds. The van der Waals surface area contributed by atoms with E-state index in [0.717, 1.165) is 58.3 Å². The number of anilines is 4. The second-order valence-electron chi connectivity index (χ2n) is 11.4. The van der Waals surface area contributed by atoms with Gasteiger partial charge in [0, 0.05) is 35.8 Å². The zero-order valence-electron chi connectivity index (χ0n) is 25.2. The molecule has 0 saturated carbocycles. The van der Waals surface area contributed by atoms with Gasteiger partial charge < -0.3 is 20.0 Å². The lowest BCUT2D eigenvalue weighted by Crippen LogP contribution is -2.23. The molecule has 0 unspecified atom stereocenters. The van der Waals surface area contributed by atoms with E-state index in [1.165, 1.54) is 51.4 Å². The second-order valence-corrected chi connectivity index (χ2v) is 11.4. The topological polar surface area (TPSA) is 21.8 Å². The number of para-hydroxylation sites is 4. The first kappa shape index (κ1) is 28.9. The highest BCUT2D eigenvalue weighted by molar-refractivity contribution is 5.72. The molecule has 0 atom stereocenters. The van der Waals surface area contributed by atoms with E-state index in [1.54, 1.807) is 0 Å². The maximum Gasteiger partial charge on any atom is 0.0443 e. The normalized spacial score (nSPS) is 13.7. The number of benzene rings is 4. The standard InChI is InChI=1S/C19H24N2.C18H22N2/c1-20(2)14-7-15-21-18-10-5-3-8-16(18)12-13-17-9-4-6-11-19(17)21;1-19-13-6-14-20-17-9-4-2-7-15(17)11-12-16-8-3-5-10-18(16)20/h3-6,8-11H,7,12-15H2,1-2H3;2-5,7-10,19H,6,11-14H2,1H3. The molecule has 1 N–H and O–H groups in total. The molecule has 2 aliphatic heterocycles. The predicted octanol–water partition coefficient (Wildman–Crippen LogP) is 7.41. The summed E-state index contributed by atoms with van der Waals surface area (Å²) in [7, 11) is 6.30. The molecule has 2 heterocycles. The van der Waals surface area contributed by atoms with E-state index in [-0.39, 0.29) is 0 Å². The van der Waals surface area contributed by atoms with E-state index in [4.69, 9.17) is 0 Å². The zero-order chi connectivity index (χ0) is 28.4. The van der Waals surface area contributed by atoms with E-state index in [2.05, 4.69) is 131 Å². The van der Waals surface area contributed by atoms with Crippen LogP contribution in [0.1, 0.15) is 35.1 Å². The van der Waals surface area contributed by atoms with Crippen molar-refractivity contribution in [3.63, 3.8) is 0 Å². The molecule has 0 bridgehead atoms. The molecule has 6 rings (SSSR count). The lowest BCUT2D eigenvalue weighted by molar-refractivity contribution is 0.402. The Morgan fingerprint density at radius 1 is 0.537 bits per heavy atom. The van der Waals surface area contributed by atoms with Crippen LogP contribution < -0.4 is 15.1 Å². The minimum atomic E-state index is 1.06. The van der Waals surface area contributed by atoms with Crippen molar-refractivity contribution in [3.8, 4) is 0 Å². The first-order valence-corrected chi connectivity index (χ1v) is 15.3. The van der Waals surface area contributed by atoms with Gasteiger partial charge in [0.1, 0.15) is 0 Å². The number of nitrogens with one attached hydrogen (secondary N) is 1. The van der Waals surface area contributed by atoms with Crippen LogP contribution in [0, 0.1) is 0 Å². The van der Waals surface area contributed by atoms with Crippen LogP contribution in [0.2, 0.25) is 0 Å². The van der Waals surface area contributed by atoms with Crippen LogP contribution in [0.25, 0.3) is 0 Å². The molecule has 0 radical (unpaired) electrons. The van der Waals surface area contributed by atoms with Crippen molar-refractivity contribution in [2.24, 2.45) is 0 Å². The average molecular weight is 547 g/mol. The lowest BCUT2D eigenvalue weighted by atomic mass is 10.0. The van der Waals surface area contributed by atoms with Gasteiger partial charge in [-0.25, -0.2) is 0 Å². The third kappa shape index (κ3) is 7.19.